The first kappa shape index (κ1) is 25.2. The fourth-order valence-corrected chi connectivity index (χ4v) is 5.63. The first-order chi connectivity index (χ1) is 18.8. The highest BCUT2D eigenvalue weighted by atomic mass is 32.1. The van der Waals surface area contributed by atoms with Crippen LogP contribution in [0.25, 0.3) is 11.6 Å². The van der Waals surface area contributed by atoms with Gasteiger partial charge in [-0.2, -0.15) is 13.2 Å². The van der Waals surface area contributed by atoms with E-state index in [0.29, 0.717) is 40.6 Å². The Bertz CT molecular complexity index is 1550. The predicted octanol–water partition coefficient (Wildman–Crippen LogP) is 5.19. The van der Waals surface area contributed by atoms with Crippen LogP contribution >= 0.6 is 11.3 Å². The van der Waals surface area contributed by atoms with Crippen molar-refractivity contribution in [2.75, 3.05) is 24.4 Å². The number of nitrogens with one attached hydrogen (secondary N) is 2. The van der Waals surface area contributed by atoms with E-state index in [1.165, 1.54) is 0 Å². The van der Waals surface area contributed by atoms with Crippen LogP contribution in [-0.4, -0.2) is 46.7 Å². The zero-order valence-corrected chi connectivity index (χ0v) is 21.2. The molecule has 1 aliphatic heterocycles. The van der Waals surface area contributed by atoms with Crippen LogP contribution in [0.15, 0.2) is 64.0 Å². The summed E-state index contributed by atoms with van der Waals surface area (Å²) in [6.07, 6.45) is -5.09. The Balaban J connectivity index is 1.32. The van der Waals surface area contributed by atoms with Gasteiger partial charge in [0, 0.05) is 35.6 Å². The molecular formula is C26H21F3N6O3S. The largest absolute Gasteiger partial charge is 0.443 e. The lowest BCUT2D eigenvalue weighted by atomic mass is 10.0. The van der Waals surface area contributed by atoms with E-state index in [1.807, 2.05) is 42.5 Å². The van der Waals surface area contributed by atoms with E-state index in [9.17, 15) is 18.0 Å². The number of hydrogen-bond donors (Lipinski definition) is 2. The number of halogens is 3. The van der Waals surface area contributed by atoms with Crippen molar-refractivity contribution in [3.05, 3.63) is 75.6 Å². The summed E-state index contributed by atoms with van der Waals surface area (Å²) in [7, 11) is 1.55. The maximum absolute atomic E-state index is 13.5. The lowest BCUT2D eigenvalue weighted by Crippen LogP contribution is -2.32. The van der Waals surface area contributed by atoms with Crippen LogP contribution in [0.3, 0.4) is 0 Å². The fourth-order valence-electron chi connectivity index (χ4n) is 4.50. The number of amides is 1. The molecule has 4 aromatic rings. The van der Waals surface area contributed by atoms with Crippen LogP contribution in [0, 0.1) is 5.92 Å². The number of carbonyl (C=O) groups excluding carboxylic acids is 1. The molecule has 0 spiro atoms. The normalized spacial score (nSPS) is 20.6. The van der Waals surface area contributed by atoms with E-state index in [-0.39, 0.29) is 29.4 Å². The van der Waals surface area contributed by atoms with Gasteiger partial charge < -0.3 is 19.8 Å². The number of rotatable bonds is 7. The number of benzodiazepines with no additional fused rings is 1. The SMILES string of the molecule is COC[C@H]1C[C@@H]1c1sc(C(F)(F)F)nc1-c1nnc(NC2N=C(c3ccccc3)c3ccccc3NC2=O)o1. The highest BCUT2D eigenvalue weighted by Gasteiger charge is 2.45. The van der Waals surface area contributed by atoms with Crippen molar-refractivity contribution in [1.29, 1.82) is 0 Å². The summed E-state index contributed by atoms with van der Waals surface area (Å²) in [6.45, 7) is 0.431. The number of anilines is 2. The second-order valence-corrected chi connectivity index (χ2v) is 10.2. The van der Waals surface area contributed by atoms with Gasteiger partial charge in [0.15, 0.2) is 5.01 Å². The average Bonchev–Trinajstić information content (AvgIpc) is 3.33. The molecule has 1 aliphatic carbocycles. The average molecular weight is 555 g/mol. The van der Waals surface area contributed by atoms with Gasteiger partial charge in [0.05, 0.1) is 11.4 Å². The highest BCUT2D eigenvalue weighted by Crippen LogP contribution is 2.53. The summed E-state index contributed by atoms with van der Waals surface area (Å²) < 4.78 is 51.3. The van der Waals surface area contributed by atoms with Crippen LogP contribution < -0.4 is 10.6 Å². The molecule has 0 saturated heterocycles. The van der Waals surface area contributed by atoms with Crippen molar-refractivity contribution < 1.29 is 27.1 Å². The lowest BCUT2D eigenvalue weighted by molar-refractivity contribution is -0.137. The molecule has 0 radical (unpaired) electrons. The van der Waals surface area contributed by atoms with Crippen molar-refractivity contribution in [3.8, 4) is 11.6 Å². The van der Waals surface area contributed by atoms with Crippen LogP contribution in [0.2, 0.25) is 0 Å². The Kier molecular flexibility index (Phi) is 6.39. The van der Waals surface area contributed by atoms with Gasteiger partial charge in [0.25, 0.3) is 11.8 Å². The van der Waals surface area contributed by atoms with Gasteiger partial charge in [-0.25, -0.2) is 9.98 Å². The van der Waals surface area contributed by atoms with E-state index < -0.39 is 23.3 Å². The molecule has 6 rings (SSSR count). The summed E-state index contributed by atoms with van der Waals surface area (Å²) in [5.74, 6) is -0.687. The molecule has 2 aromatic carbocycles. The Morgan fingerprint density at radius 1 is 1.13 bits per heavy atom. The van der Waals surface area contributed by atoms with Gasteiger partial charge in [-0.05, 0) is 18.4 Å². The van der Waals surface area contributed by atoms with Gasteiger partial charge in [-0.3, -0.25) is 4.79 Å². The number of fused-ring (bicyclic) bond motifs is 1. The third-order valence-corrected chi connectivity index (χ3v) is 7.65. The van der Waals surface area contributed by atoms with E-state index in [0.717, 1.165) is 11.1 Å². The van der Waals surface area contributed by atoms with Crippen molar-refractivity contribution in [2.45, 2.75) is 24.7 Å². The van der Waals surface area contributed by atoms with Gasteiger partial charge in [0.2, 0.25) is 6.17 Å². The topological polar surface area (TPSA) is 115 Å². The van der Waals surface area contributed by atoms with Crippen molar-refractivity contribution >= 4 is 34.7 Å². The maximum atomic E-state index is 13.5. The molecule has 1 saturated carbocycles. The zero-order chi connectivity index (χ0) is 27.1. The molecule has 2 N–H and O–H groups in total. The molecule has 2 aromatic heterocycles. The van der Waals surface area contributed by atoms with Crippen LogP contribution in [0.4, 0.5) is 24.9 Å². The molecule has 3 atom stereocenters. The number of ether oxygens (including phenoxy) is 1. The molecule has 0 bridgehead atoms. The zero-order valence-electron chi connectivity index (χ0n) is 20.4. The van der Waals surface area contributed by atoms with Crippen LogP contribution in [0.1, 0.15) is 33.4 Å². The molecule has 39 heavy (non-hydrogen) atoms. The van der Waals surface area contributed by atoms with E-state index in [2.05, 4.69) is 30.8 Å². The molecule has 2 aliphatic rings. The monoisotopic (exact) mass is 554 g/mol. The third kappa shape index (κ3) is 5.02. The Morgan fingerprint density at radius 3 is 2.67 bits per heavy atom. The van der Waals surface area contributed by atoms with Crippen molar-refractivity contribution in [3.63, 3.8) is 0 Å². The van der Waals surface area contributed by atoms with Gasteiger partial charge in [-0.15, -0.1) is 16.4 Å². The third-order valence-electron chi connectivity index (χ3n) is 6.42. The highest BCUT2D eigenvalue weighted by molar-refractivity contribution is 7.12. The fraction of sp³-hybridized carbons (Fsp3) is 0.269. The van der Waals surface area contributed by atoms with Gasteiger partial charge in [0.1, 0.15) is 5.69 Å². The van der Waals surface area contributed by atoms with Crippen LogP contribution in [0.5, 0.6) is 0 Å². The summed E-state index contributed by atoms with van der Waals surface area (Å²) in [6, 6.07) is 16.5. The molecule has 1 fully saturated rings. The second kappa shape index (κ2) is 9.89. The number of benzene rings is 2. The molecule has 3 heterocycles. The minimum absolute atomic E-state index is 0.0114. The number of aliphatic imine (C=N–C) groups is 1. The number of hydrogen-bond acceptors (Lipinski definition) is 9. The number of carbonyl (C=O) groups is 1. The molecule has 1 unspecified atom stereocenters. The molecule has 13 heteroatoms. The number of nitrogens with zero attached hydrogens (tertiary/aromatic N) is 4. The molecular weight excluding hydrogens is 533 g/mol. The molecule has 9 nitrogen and oxygen atoms in total. The number of methoxy groups -OCH3 is 1. The van der Waals surface area contributed by atoms with Crippen molar-refractivity contribution in [2.24, 2.45) is 10.9 Å². The number of aromatic nitrogens is 3. The van der Waals surface area contributed by atoms with Gasteiger partial charge >= 0.3 is 12.2 Å². The van der Waals surface area contributed by atoms with Gasteiger partial charge in [-0.1, -0.05) is 53.6 Å². The Labute approximate surface area is 224 Å². The number of alkyl halides is 3. The maximum Gasteiger partial charge on any atom is 0.443 e. The lowest BCUT2D eigenvalue weighted by Gasteiger charge is -2.11. The first-order valence-corrected chi connectivity index (χ1v) is 12.8. The second-order valence-electron chi connectivity index (χ2n) is 9.13. The Morgan fingerprint density at radius 2 is 1.90 bits per heavy atom. The first-order valence-electron chi connectivity index (χ1n) is 12.0. The van der Waals surface area contributed by atoms with E-state index in [4.69, 9.17) is 9.15 Å². The summed E-state index contributed by atoms with van der Waals surface area (Å²) >= 11 is 0.575. The minimum Gasteiger partial charge on any atom is -0.402 e. The minimum atomic E-state index is -4.61. The summed E-state index contributed by atoms with van der Waals surface area (Å²) in [5, 5.41) is 12.5. The smallest absolute Gasteiger partial charge is 0.402 e. The van der Waals surface area contributed by atoms with Crippen LogP contribution in [-0.2, 0) is 15.7 Å². The van der Waals surface area contributed by atoms with Crippen molar-refractivity contribution in [1.82, 2.24) is 15.2 Å². The summed E-state index contributed by atoms with van der Waals surface area (Å²) in [4.78, 5) is 22.0. The Hall–Kier alpha value is -4.10. The quantitative estimate of drug-likeness (QED) is 0.323. The molecule has 200 valence electrons. The number of para-hydroxylation sites is 1. The van der Waals surface area contributed by atoms with E-state index in [1.54, 1.807) is 19.2 Å². The predicted molar refractivity (Wildman–Crippen MR) is 138 cm³/mol. The standard InChI is InChI=1S/C26H21F3N6O3S/c1-37-12-14-11-16(14)20-19(32-24(39-20)26(27,28)29)23-34-35-25(38-23)33-21-22(36)30-17-10-6-5-9-15(17)18(31-21)13-7-3-2-4-8-13/h2-10,14,16,21H,11-12H2,1H3,(H,30,36)(H,33,35)/t14-,16+,21?/m1/s1. The summed E-state index contributed by atoms with van der Waals surface area (Å²) in [5.41, 5.74) is 2.66. The van der Waals surface area contributed by atoms with E-state index >= 15 is 0 Å². The number of thiazole rings is 1. The molecule has 1 amide bonds.